The van der Waals surface area contributed by atoms with E-state index in [4.69, 9.17) is 10.8 Å². The lowest BCUT2D eigenvalue weighted by molar-refractivity contribution is -0.137. The molecule has 0 aliphatic rings. The molecule has 4 heteroatoms. The third-order valence-electron chi connectivity index (χ3n) is 1.98. The second-order valence-electron chi connectivity index (χ2n) is 3.17. The number of rotatable bonds is 6. The Labute approximate surface area is 87.6 Å². The third-order valence-corrected chi connectivity index (χ3v) is 3.15. The van der Waals surface area contributed by atoms with Gasteiger partial charge in [0, 0.05) is 22.7 Å². The zero-order chi connectivity index (χ0) is 10.4. The van der Waals surface area contributed by atoms with E-state index in [0.717, 1.165) is 19.3 Å². The van der Waals surface area contributed by atoms with Crippen LogP contribution in [0.4, 0.5) is 0 Å². The molecule has 0 unspecified atom stereocenters. The molecule has 1 heterocycles. The van der Waals surface area contributed by atoms with Crippen LogP contribution in [-0.2, 0) is 17.8 Å². The molecule has 0 spiro atoms. The fraction of sp³-hybridized carbons (Fsp3) is 0.500. The Kier molecular flexibility index (Phi) is 4.62. The fourth-order valence-electron chi connectivity index (χ4n) is 1.24. The molecule has 0 radical (unpaired) electrons. The van der Waals surface area contributed by atoms with Gasteiger partial charge in [-0.05, 0) is 31.4 Å². The second kappa shape index (κ2) is 5.78. The van der Waals surface area contributed by atoms with Gasteiger partial charge >= 0.3 is 5.97 Å². The lowest BCUT2D eigenvalue weighted by Crippen LogP contribution is -1.94. The molecule has 3 nitrogen and oxygen atoms in total. The molecule has 1 rings (SSSR count). The predicted molar refractivity (Wildman–Crippen MR) is 57.4 cm³/mol. The van der Waals surface area contributed by atoms with E-state index < -0.39 is 5.97 Å². The Hall–Kier alpha value is -0.870. The van der Waals surface area contributed by atoms with Crippen molar-refractivity contribution in [3.05, 3.63) is 21.9 Å². The highest BCUT2D eigenvalue weighted by Gasteiger charge is 2.00. The molecule has 0 fully saturated rings. The van der Waals surface area contributed by atoms with Crippen molar-refractivity contribution >= 4 is 17.3 Å². The number of aryl methyl sites for hydroxylation is 1. The van der Waals surface area contributed by atoms with E-state index in [9.17, 15) is 4.79 Å². The highest BCUT2D eigenvalue weighted by molar-refractivity contribution is 7.11. The molecule has 0 aliphatic heterocycles. The van der Waals surface area contributed by atoms with Gasteiger partial charge in [0.25, 0.3) is 0 Å². The van der Waals surface area contributed by atoms with Crippen molar-refractivity contribution in [3.8, 4) is 0 Å². The van der Waals surface area contributed by atoms with Crippen molar-refractivity contribution in [2.24, 2.45) is 5.73 Å². The highest BCUT2D eigenvalue weighted by Crippen LogP contribution is 2.18. The SMILES string of the molecule is NCc1ccc(CCCCC(=O)O)s1. The van der Waals surface area contributed by atoms with Crippen LogP contribution < -0.4 is 5.73 Å². The number of unbranched alkanes of at least 4 members (excludes halogenated alkanes) is 1. The molecule has 1 aromatic heterocycles. The van der Waals surface area contributed by atoms with Crippen LogP contribution in [0, 0.1) is 0 Å². The van der Waals surface area contributed by atoms with Crippen LogP contribution >= 0.6 is 11.3 Å². The minimum atomic E-state index is -0.709. The van der Waals surface area contributed by atoms with Crippen LogP contribution in [0.3, 0.4) is 0 Å². The van der Waals surface area contributed by atoms with Crippen molar-refractivity contribution in [1.29, 1.82) is 0 Å². The first kappa shape index (κ1) is 11.2. The summed E-state index contributed by atoms with van der Waals surface area (Å²) in [5, 5.41) is 8.44. The van der Waals surface area contributed by atoms with E-state index in [1.54, 1.807) is 11.3 Å². The Balaban J connectivity index is 2.21. The van der Waals surface area contributed by atoms with E-state index in [1.165, 1.54) is 9.75 Å². The van der Waals surface area contributed by atoms with E-state index in [1.807, 2.05) is 6.07 Å². The van der Waals surface area contributed by atoms with E-state index >= 15 is 0 Å². The summed E-state index contributed by atoms with van der Waals surface area (Å²) in [6, 6.07) is 4.12. The number of nitrogens with two attached hydrogens (primary N) is 1. The average Bonchev–Trinajstić information content (AvgIpc) is 2.60. The van der Waals surface area contributed by atoms with Gasteiger partial charge < -0.3 is 10.8 Å². The Morgan fingerprint density at radius 2 is 2.07 bits per heavy atom. The lowest BCUT2D eigenvalue weighted by Gasteiger charge is -1.95. The van der Waals surface area contributed by atoms with Crippen molar-refractivity contribution in [3.63, 3.8) is 0 Å². The number of carboxylic acids is 1. The topological polar surface area (TPSA) is 63.3 Å². The van der Waals surface area contributed by atoms with Gasteiger partial charge in [0.2, 0.25) is 0 Å². The Morgan fingerprint density at radius 1 is 1.36 bits per heavy atom. The average molecular weight is 213 g/mol. The maximum atomic E-state index is 10.2. The van der Waals surface area contributed by atoms with Gasteiger partial charge in [-0.2, -0.15) is 0 Å². The smallest absolute Gasteiger partial charge is 0.303 e. The molecule has 0 aliphatic carbocycles. The van der Waals surface area contributed by atoms with E-state index in [-0.39, 0.29) is 6.42 Å². The summed E-state index contributed by atoms with van der Waals surface area (Å²) in [6.07, 6.45) is 2.94. The largest absolute Gasteiger partial charge is 0.481 e. The molecule has 1 aromatic rings. The molecule has 0 saturated carbocycles. The monoisotopic (exact) mass is 213 g/mol. The van der Waals surface area contributed by atoms with Gasteiger partial charge in [-0.1, -0.05) is 0 Å². The minimum Gasteiger partial charge on any atom is -0.481 e. The normalized spacial score (nSPS) is 10.4. The van der Waals surface area contributed by atoms with Gasteiger partial charge in [0.1, 0.15) is 0 Å². The van der Waals surface area contributed by atoms with E-state index in [2.05, 4.69) is 6.07 Å². The van der Waals surface area contributed by atoms with Gasteiger partial charge in [0.15, 0.2) is 0 Å². The first-order valence-electron chi connectivity index (χ1n) is 4.72. The van der Waals surface area contributed by atoms with E-state index in [0.29, 0.717) is 6.54 Å². The summed E-state index contributed by atoms with van der Waals surface area (Å²) in [5.74, 6) is -0.709. The maximum Gasteiger partial charge on any atom is 0.303 e. The highest BCUT2D eigenvalue weighted by atomic mass is 32.1. The Morgan fingerprint density at radius 3 is 2.64 bits per heavy atom. The number of thiophene rings is 1. The van der Waals surface area contributed by atoms with Gasteiger partial charge in [-0.25, -0.2) is 0 Å². The molecule has 3 N–H and O–H groups in total. The zero-order valence-corrected chi connectivity index (χ0v) is 8.85. The molecule has 14 heavy (non-hydrogen) atoms. The molecule has 0 bridgehead atoms. The number of hydrogen-bond acceptors (Lipinski definition) is 3. The van der Waals surface area contributed by atoms with Crippen LogP contribution in [0.25, 0.3) is 0 Å². The summed E-state index contributed by atoms with van der Waals surface area (Å²) >= 11 is 1.72. The molecule has 0 atom stereocenters. The number of carbonyl (C=O) groups is 1. The van der Waals surface area contributed by atoms with Crippen molar-refractivity contribution in [1.82, 2.24) is 0 Å². The molecular weight excluding hydrogens is 198 g/mol. The Bertz CT molecular complexity index is 296. The molecule has 0 saturated heterocycles. The van der Waals surface area contributed by atoms with Crippen molar-refractivity contribution in [2.75, 3.05) is 0 Å². The fourth-order valence-corrected chi connectivity index (χ4v) is 2.18. The van der Waals surface area contributed by atoms with Gasteiger partial charge in [-0.3, -0.25) is 4.79 Å². The van der Waals surface area contributed by atoms with Crippen LogP contribution in [0.5, 0.6) is 0 Å². The zero-order valence-electron chi connectivity index (χ0n) is 8.03. The minimum absolute atomic E-state index is 0.273. The summed E-state index contributed by atoms with van der Waals surface area (Å²) < 4.78 is 0. The van der Waals surface area contributed by atoms with Gasteiger partial charge in [-0.15, -0.1) is 11.3 Å². The number of hydrogen-bond donors (Lipinski definition) is 2. The first-order chi connectivity index (χ1) is 6.72. The van der Waals surface area contributed by atoms with Crippen LogP contribution in [0.1, 0.15) is 29.0 Å². The second-order valence-corrected chi connectivity index (χ2v) is 4.43. The summed E-state index contributed by atoms with van der Waals surface area (Å²) in [7, 11) is 0. The third kappa shape index (κ3) is 3.89. The maximum absolute atomic E-state index is 10.2. The predicted octanol–water partition coefficient (Wildman–Crippen LogP) is 2.00. The lowest BCUT2D eigenvalue weighted by atomic mass is 10.2. The quantitative estimate of drug-likeness (QED) is 0.710. The van der Waals surface area contributed by atoms with Crippen molar-refractivity contribution in [2.45, 2.75) is 32.2 Å². The van der Waals surface area contributed by atoms with Crippen molar-refractivity contribution < 1.29 is 9.90 Å². The van der Waals surface area contributed by atoms with Crippen LogP contribution in [0.2, 0.25) is 0 Å². The van der Waals surface area contributed by atoms with Crippen LogP contribution in [0.15, 0.2) is 12.1 Å². The summed E-state index contributed by atoms with van der Waals surface area (Å²) in [4.78, 5) is 12.7. The standard InChI is InChI=1S/C10H15NO2S/c11-7-9-6-5-8(14-9)3-1-2-4-10(12)13/h5-6H,1-4,7,11H2,(H,12,13). The summed E-state index contributed by atoms with van der Waals surface area (Å²) in [5.41, 5.74) is 5.49. The molecule has 78 valence electrons. The molecule has 0 aromatic carbocycles. The summed E-state index contributed by atoms with van der Waals surface area (Å²) in [6.45, 7) is 0.597. The first-order valence-corrected chi connectivity index (χ1v) is 5.53. The molecule has 0 amide bonds. The van der Waals surface area contributed by atoms with Gasteiger partial charge in [0.05, 0.1) is 0 Å². The number of aliphatic carboxylic acids is 1. The van der Waals surface area contributed by atoms with Crippen LogP contribution in [-0.4, -0.2) is 11.1 Å². The number of carboxylic acid groups (broad SMARTS) is 1. The molecular formula is C10H15NO2S.